The predicted octanol–water partition coefficient (Wildman–Crippen LogP) is 1.71. The molecule has 1 rings (SSSR count). The summed E-state index contributed by atoms with van der Waals surface area (Å²) in [6.45, 7) is 7.98. The molecule has 0 aromatic carbocycles. The molecule has 0 aliphatic rings. The van der Waals surface area contributed by atoms with Gasteiger partial charge in [-0.05, 0) is 19.3 Å². The van der Waals surface area contributed by atoms with Crippen LogP contribution in [0.25, 0.3) is 0 Å². The molecule has 100 valence electrons. The highest BCUT2D eigenvalue weighted by atomic mass is 16.2. The zero-order chi connectivity index (χ0) is 13.8. The van der Waals surface area contributed by atoms with E-state index < -0.39 is 0 Å². The van der Waals surface area contributed by atoms with Crippen LogP contribution in [0.4, 0.5) is 0 Å². The second-order valence-corrected chi connectivity index (χ2v) is 4.78. The second-order valence-electron chi connectivity index (χ2n) is 4.78. The van der Waals surface area contributed by atoms with Crippen molar-refractivity contribution in [2.45, 2.75) is 38.6 Å². The maximum absolute atomic E-state index is 12.4. The van der Waals surface area contributed by atoms with Gasteiger partial charge in [-0.25, -0.2) is 9.13 Å². The molecule has 1 aromatic rings. The molecular formula is C14H24N3O+. The SMILES string of the molecule is C=CCC(CC)(CC)NC(=O)c1n(C)cc[n+]1C. The summed E-state index contributed by atoms with van der Waals surface area (Å²) in [5.74, 6) is 0.626. The van der Waals surface area contributed by atoms with Crippen LogP contribution in [0.1, 0.15) is 43.7 Å². The molecule has 0 aliphatic carbocycles. The highest BCUT2D eigenvalue weighted by Crippen LogP contribution is 2.20. The van der Waals surface area contributed by atoms with Gasteiger partial charge in [0.15, 0.2) is 0 Å². The summed E-state index contributed by atoms with van der Waals surface area (Å²) in [6.07, 6.45) is 8.22. The molecule has 1 amide bonds. The molecule has 4 heteroatoms. The summed E-state index contributed by atoms with van der Waals surface area (Å²) in [5.41, 5.74) is -0.184. The van der Waals surface area contributed by atoms with Crippen LogP contribution in [0.15, 0.2) is 25.0 Å². The third kappa shape index (κ3) is 2.81. The Morgan fingerprint density at radius 3 is 2.56 bits per heavy atom. The van der Waals surface area contributed by atoms with Crippen molar-refractivity contribution in [1.82, 2.24) is 9.88 Å². The second kappa shape index (κ2) is 5.85. The Balaban J connectivity index is 2.95. The molecule has 0 aliphatic heterocycles. The lowest BCUT2D eigenvalue weighted by atomic mass is 9.89. The monoisotopic (exact) mass is 250 g/mol. The van der Waals surface area contributed by atoms with E-state index in [1.807, 2.05) is 41.7 Å². The van der Waals surface area contributed by atoms with E-state index in [9.17, 15) is 4.79 Å². The highest BCUT2D eigenvalue weighted by Gasteiger charge is 2.31. The van der Waals surface area contributed by atoms with Gasteiger partial charge in [0.2, 0.25) is 0 Å². The van der Waals surface area contributed by atoms with Crippen molar-refractivity contribution >= 4 is 5.91 Å². The number of carbonyl (C=O) groups is 1. The Morgan fingerprint density at radius 1 is 1.56 bits per heavy atom. The highest BCUT2D eigenvalue weighted by molar-refractivity contribution is 5.90. The minimum Gasteiger partial charge on any atom is -0.340 e. The van der Waals surface area contributed by atoms with Crippen LogP contribution in [0, 0.1) is 0 Å². The van der Waals surface area contributed by atoms with Gasteiger partial charge in [0.1, 0.15) is 12.4 Å². The topological polar surface area (TPSA) is 37.9 Å². The lowest BCUT2D eigenvalue weighted by Gasteiger charge is -2.31. The molecule has 1 N–H and O–H groups in total. The van der Waals surface area contributed by atoms with Gasteiger partial charge in [0.25, 0.3) is 0 Å². The number of amides is 1. The maximum Gasteiger partial charge on any atom is 0.347 e. The standard InChI is InChI=1S/C14H23N3O/c1-6-9-14(7-2,8-3)15-12(18)13-16(4)10-11-17(13)5/h6,10-11H,1,7-9H2,2-5H3/p+1. The minimum absolute atomic E-state index is 0.0319. The first-order valence-electron chi connectivity index (χ1n) is 6.44. The van der Waals surface area contributed by atoms with Crippen LogP contribution < -0.4 is 9.88 Å². The van der Waals surface area contributed by atoms with Gasteiger partial charge in [-0.15, -0.1) is 6.58 Å². The summed E-state index contributed by atoms with van der Waals surface area (Å²) >= 11 is 0. The van der Waals surface area contributed by atoms with Crippen molar-refractivity contribution in [2.24, 2.45) is 14.1 Å². The van der Waals surface area contributed by atoms with Crippen molar-refractivity contribution in [1.29, 1.82) is 0 Å². The van der Waals surface area contributed by atoms with E-state index >= 15 is 0 Å². The van der Waals surface area contributed by atoms with E-state index in [0.717, 1.165) is 19.3 Å². The summed E-state index contributed by atoms with van der Waals surface area (Å²) in [5, 5.41) is 3.16. The lowest BCUT2D eigenvalue weighted by Crippen LogP contribution is -2.51. The molecule has 0 atom stereocenters. The van der Waals surface area contributed by atoms with Gasteiger partial charge >= 0.3 is 11.7 Å². The number of nitrogens with one attached hydrogen (secondary N) is 1. The molecule has 0 saturated carbocycles. The van der Waals surface area contributed by atoms with Crippen molar-refractivity contribution < 1.29 is 9.36 Å². The third-order valence-corrected chi connectivity index (χ3v) is 3.65. The fourth-order valence-corrected chi connectivity index (χ4v) is 2.25. The first-order chi connectivity index (χ1) is 8.49. The van der Waals surface area contributed by atoms with E-state index in [0.29, 0.717) is 5.82 Å². The molecule has 0 unspecified atom stereocenters. The van der Waals surface area contributed by atoms with Crippen molar-refractivity contribution in [2.75, 3.05) is 0 Å². The maximum atomic E-state index is 12.4. The average molecular weight is 250 g/mol. The van der Waals surface area contributed by atoms with E-state index in [-0.39, 0.29) is 11.4 Å². The Labute approximate surface area is 109 Å². The first-order valence-corrected chi connectivity index (χ1v) is 6.44. The van der Waals surface area contributed by atoms with Crippen LogP contribution in [-0.2, 0) is 14.1 Å². The molecule has 0 saturated heterocycles. The Morgan fingerprint density at radius 2 is 2.17 bits per heavy atom. The minimum atomic E-state index is -0.184. The molecule has 1 aromatic heterocycles. The van der Waals surface area contributed by atoms with E-state index in [2.05, 4.69) is 25.7 Å². The largest absolute Gasteiger partial charge is 0.347 e. The van der Waals surface area contributed by atoms with Crippen LogP contribution in [-0.4, -0.2) is 16.0 Å². The van der Waals surface area contributed by atoms with E-state index in [4.69, 9.17) is 0 Å². The number of nitrogens with zero attached hydrogens (tertiary/aromatic N) is 2. The molecule has 1 heterocycles. The quantitative estimate of drug-likeness (QED) is 0.606. The zero-order valence-electron chi connectivity index (χ0n) is 11.9. The Bertz CT molecular complexity index is 411. The molecular weight excluding hydrogens is 226 g/mol. The zero-order valence-corrected chi connectivity index (χ0v) is 11.9. The summed E-state index contributed by atoms with van der Waals surface area (Å²) in [7, 11) is 3.75. The first kappa shape index (κ1) is 14.5. The molecule has 0 spiro atoms. The van der Waals surface area contributed by atoms with E-state index in [1.165, 1.54) is 0 Å². The summed E-state index contributed by atoms with van der Waals surface area (Å²) in [6, 6.07) is 0. The van der Waals surface area contributed by atoms with Crippen molar-refractivity contribution in [3.05, 3.63) is 30.9 Å². The Kier molecular flexibility index (Phi) is 4.70. The average Bonchev–Trinajstić information content (AvgIpc) is 2.68. The third-order valence-electron chi connectivity index (χ3n) is 3.65. The smallest absolute Gasteiger partial charge is 0.340 e. The number of aromatic nitrogens is 2. The van der Waals surface area contributed by atoms with Crippen LogP contribution in [0.3, 0.4) is 0 Å². The predicted molar refractivity (Wildman–Crippen MR) is 72.2 cm³/mol. The van der Waals surface area contributed by atoms with Gasteiger partial charge in [-0.2, -0.15) is 0 Å². The van der Waals surface area contributed by atoms with Crippen molar-refractivity contribution in [3.63, 3.8) is 0 Å². The van der Waals surface area contributed by atoms with Crippen LogP contribution in [0.2, 0.25) is 0 Å². The molecule has 18 heavy (non-hydrogen) atoms. The molecule has 0 radical (unpaired) electrons. The van der Waals surface area contributed by atoms with Gasteiger partial charge in [0.05, 0.1) is 14.1 Å². The number of hydrogen-bond acceptors (Lipinski definition) is 1. The van der Waals surface area contributed by atoms with Crippen LogP contribution in [0.5, 0.6) is 0 Å². The van der Waals surface area contributed by atoms with Crippen molar-refractivity contribution in [3.8, 4) is 0 Å². The number of rotatable bonds is 6. The normalized spacial score (nSPS) is 11.3. The fourth-order valence-electron chi connectivity index (χ4n) is 2.25. The van der Waals surface area contributed by atoms with Gasteiger partial charge in [-0.3, -0.25) is 4.79 Å². The van der Waals surface area contributed by atoms with E-state index in [1.54, 1.807) is 0 Å². The van der Waals surface area contributed by atoms with Gasteiger partial charge in [0, 0.05) is 5.54 Å². The number of imidazole rings is 1. The molecule has 4 nitrogen and oxygen atoms in total. The summed E-state index contributed by atoms with van der Waals surface area (Å²) < 4.78 is 3.67. The number of carbonyl (C=O) groups excluding carboxylic acids is 1. The fraction of sp³-hybridized carbons (Fsp3) is 0.571. The number of hydrogen-bond donors (Lipinski definition) is 1. The summed E-state index contributed by atoms with van der Waals surface area (Å²) in [4.78, 5) is 12.4. The number of aryl methyl sites for hydroxylation is 2. The van der Waals surface area contributed by atoms with Crippen LogP contribution >= 0.6 is 0 Å². The Hall–Kier alpha value is -1.58. The lowest BCUT2D eigenvalue weighted by molar-refractivity contribution is -0.673. The van der Waals surface area contributed by atoms with Gasteiger partial charge < -0.3 is 5.32 Å². The molecule has 0 fully saturated rings. The molecule has 0 bridgehead atoms. The van der Waals surface area contributed by atoms with Gasteiger partial charge in [-0.1, -0.05) is 19.9 Å².